The van der Waals surface area contributed by atoms with Gasteiger partial charge >= 0.3 is 0 Å². The van der Waals surface area contributed by atoms with Gasteiger partial charge in [0.25, 0.3) is 5.91 Å². The van der Waals surface area contributed by atoms with E-state index in [1.165, 1.54) is 0 Å². The summed E-state index contributed by atoms with van der Waals surface area (Å²) in [6.45, 7) is 8.69. The van der Waals surface area contributed by atoms with E-state index in [9.17, 15) is 4.79 Å². The number of carbonyl (C=O) groups excluding carboxylic acids is 1. The third-order valence-corrected chi connectivity index (χ3v) is 4.90. The van der Waals surface area contributed by atoms with Crippen LogP contribution in [0.4, 0.5) is 11.6 Å². The number of aryl methyl sites for hydroxylation is 1. The van der Waals surface area contributed by atoms with Gasteiger partial charge in [-0.3, -0.25) is 4.79 Å². The van der Waals surface area contributed by atoms with Gasteiger partial charge in [-0.2, -0.15) is 0 Å². The van der Waals surface area contributed by atoms with E-state index in [1.807, 2.05) is 6.92 Å². The molecule has 1 aromatic heterocycles. The van der Waals surface area contributed by atoms with Crippen molar-refractivity contribution in [1.29, 1.82) is 0 Å². The van der Waals surface area contributed by atoms with Crippen molar-refractivity contribution in [3.8, 4) is 0 Å². The first kappa shape index (κ1) is 18.9. The normalized spacial score (nSPS) is 15.2. The first-order valence-corrected chi connectivity index (χ1v) is 9.31. The van der Waals surface area contributed by atoms with Gasteiger partial charge in [0.2, 0.25) is 5.95 Å². The van der Waals surface area contributed by atoms with Crippen LogP contribution < -0.4 is 10.2 Å². The summed E-state index contributed by atoms with van der Waals surface area (Å²) in [6, 6.07) is 6.60. The molecule has 0 aliphatic carbocycles. The van der Waals surface area contributed by atoms with Gasteiger partial charge in [-0.1, -0.05) is 30.1 Å². The standard InChI is InChI=1S/C18H21Cl2N5O/c1-3-24-6-8-25(9-7-24)18-21-12(2)10-16(23-18)17(26)22-15-5-4-13(19)11-14(15)20/h4-5,10-11H,3,6-9H2,1-2H3,(H,22,26). The molecule has 0 bridgehead atoms. The highest BCUT2D eigenvalue weighted by atomic mass is 35.5. The zero-order valence-corrected chi connectivity index (χ0v) is 16.3. The van der Waals surface area contributed by atoms with Crippen LogP contribution >= 0.6 is 23.2 Å². The summed E-state index contributed by atoms with van der Waals surface area (Å²) in [5.74, 6) is 0.265. The summed E-state index contributed by atoms with van der Waals surface area (Å²) in [5.41, 5.74) is 1.56. The Bertz CT molecular complexity index is 806. The minimum absolute atomic E-state index is 0.316. The van der Waals surface area contributed by atoms with Gasteiger partial charge in [0, 0.05) is 36.9 Å². The predicted octanol–water partition coefficient (Wildman–Crippen LogP) is 3.49. The van der Waals surface area contributed by atoms with E-state index in [0.717, 1.165) is 38.4 Å². The smallest absolute Gasteiger partial charge is 0.274 e. The first-order valence-electron chi connectivity index (χ1n) is 8.55. The maximum atomic E-state index is 12.6. The lowest BCUT2D eigenvalue weighted by Gasteiger charge is -2.34. The fraction of sp³-hybridized carbons (Fsp3) is 0.389. The molecule has 1 aliphatic heterocycles. The van der Waals surface area contributed by atoms with Crippen molar-refractivity contribution in [3.63, 3.8) is 0 Å². The summed E-state index contributed by atoms with van der Waals surface area (Å²) in [5, 5.41) is 3.68. The second-order valence-electron chi connectivity index (χ2n) is 6.19. The Morgan fingerprint density at radius 2 is 1.88 bits per heavy atom. The average Bonchev–Trinajstić information content (AvgIpc) is 2.63. The number of piperazine rings is 1. The summed E-state index contributed by atoms with van der Waals surface area (Å²) in [4.78, 5) is 26.1. The minimum Gasteiger partial charge on any atom is -0.338 e. The average molecular weight is 394 g/mol. The van der Waals surface area contributed by atoms with Crippen LogP contribution in [-0.4, -0.2) is 53.5 Å². The third-order valence-electron chi connectivity index (χ3n) is 4.36. The van der Waals surface area contributed by atoms with Gasteiger partial charge in [-0.15, -0.1) is 0 Å². The number of nitrogens with one attached hydrogen (secondary N) is 1. The maximum Gasteiger partial charge on any atom is 0.274 e. The molecule has 0 atom stereocenters. The molecule has 1 amide bonds. The molecule has 6 nitrogen and oxygen atoms in total. The van der Waals surface area contributed by atoms with Crippen molar-refractivity contribution in [1.82, 2.24) is 14.9 Å². The van der Waals surface area contributed by atoms with Crippen LogP contribution in [0.3, 0.4) is 0 Å². The lowest BCUT2D eigenvalue weighted by molar-refractivity contribution is 0.102. The highest BCUT2D eigenvalue weighted by molar-refractivity contribution is 6.36. The molecule has 26 heavy (non-hydrogen) atoms. The Labute approximate surface area is 163 Å². The second kappa shape index (κ2) is 8.20. The van der Waals surface area contributed by atoms with Crippen LogP contribution in [0.1, 0.15) is 23.1 Å². The van der Waals surface area contributed by atoms with Gasteiger partial charge in [0.05, 0.1) is 10.7 Å². The van der Waals surface area contributed by atoms with Crippen molar-refractivity contribution in [3.05, 3.63) is 45.7 Å². The fourth-order valence-electron chi connectivity index (χ4n) is 2.85. The molecule has 0 unspecified atom stereocenters. The lowest BCUT2D eigenvalue weighted by Crippen LogP contribution is -2.47. The maximum absolute atomic E-state index is 12.6. The van der Waals surface area contributed by atoms with E-state index in [2.05, 4.69) is 32.0 Å². The molecule has 3 rings (SSSR count). The van der Waals surface area contributed by atoms with E-state index < -0.39 is 0 Å². The van der Waals surface area contributed by atoms with Gasteiger partial charge in [-0.25, -0.2) is 9.97 Å². The molecular weight excluding hydrogens is 373 g/mol. The monoisotopic (exact) mass is 393 g/mol. The van der Waals surface area contributed by atoms with Crippen LogP contribution in [0.15, 0.2) is 24.3 Å². The zero-order chi connectivity index (χ0) is 18.7. The van der Waals surface area contributed by atoms with Gasteiger partial charge in [0.15, 0.2) is 0 Å². The molecule has 0 saturated carbocycles. The molecule has 2 aromatic rings. The number of amides is 1. The molecule has 1 aliphatic rings. The lowest BCUT2D eigenvalue weighted by atomic mass is 10.2. The SMILES string of the molecule is CCN1CCN(c2nc(C)cc(C(=O)Nc3ccc(Cl)cc3Cl)n2)CC1. The Morgan fingerprint density at radius 3 is 2.54 bits per heavy atom. The number of aromatic nitrogens is 2. The number of anilines is 2. The zero-order valence-electron chi connectivity index (χ0n) is 14.8. The highest BCUT2D eigenvalue weighted by Gasteiger charge is 2.20. The van der Waals surface area contributed by atoms with Crippen molar-refractivity contribution in [2.75, 3.05) is 42.9 Å². The van der Waals surface area contributed by atoms with Crippen molar-refractivity contribution in [2.45, 2.75) is 13.8 Å². The molecule has 1 aromatic carbocycles. The molecule has 0 radical (unpaired) electrons. The Kier molecular flexibility index (Phi) is 5.96. The van der Waals surface area contributed by atoms with Crippen molar-refractivity contribution in [2.24, 2.45) is 0 Å². The molecule has 1 saturated heterocycles. The summed E-state index contributed by atoms with van der Waals surface area (Å²) in [6.07, 6.45) is 0. The third kappa shape index (κ3) is 4.44. The Hall–Kier alpha value is -1.89. The van der Waals surface area contributed by atoms with Crippen LogP contribution in [0.5, 0.6) is 0 Å². The predicted molar refractivity (Wildman–Crippen MR) is 106 cm³/mol. The quantitative estimate of drug-likeness (QED) is 0.861. The number of nitrogens with zero attached hydrogens (tertiary/aromatic N) is 4. The van der Waals surface area contributed by atoms with Crippen molar-refractivity contribution < 1.29 is 4.79 Å². The number of likely N-dealkylation sites (N-methyl/N-ethyl adjacent to an activating group) is 1. The van der Waals surface area contributed by atoms with E-state index in [4.69, 9.17) is 23.2 Å². The van der Waals surface area contributed by atoms with E-state index in [1.54, 1.807) is 24.3 Å². The van der Waals surface area contributed by atoms with Crippen molar-refractivity contribution >= 4 is 40.7 Å². The largest absolute Gasteiger partial charge is 0.338 e. The Balaban J connectivity index is 1.77. The van der Waals surface area contributed by atoms with Crippen LogP contribution in [-0.2, 0) is 0 Å². The number of rotatable bonds is 4. The van der Waals surface area contributed by atoms with Gasteiger partial charge < -0.3 is 15.1 Å². The molecule has 138 valence electrons. The Morgan fingerprint density at radius 1 is 1.15 bits per heavy atom. The number of halogens is 2. The van der Waals surface area contributed by atoms with Gasteiger partial charge in [-0.05, 0) is 37.7 Å². The van der Waals surface area contributed by atoms with E-state index >= 15 is 0 Å². The topological polar surface area (TPSA) is 61.4 Å². The molecule has 1 fully saturated rings. The number of carbonyl (C=O) groups is 1. The van der Waals surface area contributed by atoms with E-state index in [0.29, 0.717) is 27.4 Å². The fourth-order valence-corrected chi connectivity index (χ4v) is 3.31. The van der Waals surface area contributed by atoms with Crippen LogP contribution in [0, 0.1) is 6.92 Å². The number of hydrogen-bond acceptors (Lipinski definition) is 5. The molecule has 1 N–H and O–H groups in total. The molecule has 2 heterocycles. The molecule has 0 spiro atoms. The number of hydrogen-bond donors (Lipinski definition) is 1. The summed E-state index contributed by atoms with van der Waals surface area (Å²) >= 11 is 12.0. The van der Waals surface area contributed by atoms with Crippen LogP contribution in [0.25, 0.3) is 0 Å². The minimum atomic E-state index is -0.326. The number of benzene rings is 1. The second-order valence-corrected chi connectivity index (χ2v) is 7.04. The first-order chi connectivity index (χ1) is 12.5. The summed E-state index contributed by atoms with van der Waals surface area (Å²) < 4.78 is 0. The van der Waals surface area contributed by atoms with Gasteiger partial charge in [0.1, 0.15) is 5.69 Å². The highest BCUT2D eigenvalue weighted by Crippen LogP contribution is 2.26. The van der Waals surface area contributed by atoms with Crippen LogP contribution in [0.2, 0.25) is 10.0 Å². The van der Waals surface area contributed by atoms with E-state index in [-0.39, 0.29) is 5.91 Å². The summed E-state index contributed by atoms with van der Waals surface area (Å²) in [7, 11) is 0. The molecular formula is C18H21Cl2N5O. The molecule has 8 heteroatoms.